The van der Waals surface area contributed by atoms with Crippen molar-refractivity contribution < 1.29 is 9.18 Å². The number of hydrogen-bond acceptors (Lipinski definition) is 4. The molecule has 1 amide bonds. The van der Waals surface area contributed by atoms with Crippen LogP contribution in [0.25, 0.3) is 0 Å². The summed E-state index contributed by atoms with van der Waals surface area (Å²) < 4.78 is 13.4. The third-order valence-corrected chi connectivity index (χ3v) is 2.40. The van der Waals surface area contributed by atoms with E-state index in [1.807, 2.05) is 0 Å². The predicted octanol–water partition coefficient (Wildman–Crippen LogP) is 1.35. The van der Waals surface area contributed by atoms with E-state index in [-0.39, 0.29) is 16.4 Å². The summed E-state index contributed by atoms with van der Waals surface area (Å²) in [6.07, 6.45) is 3.38. The summed E-state index contributed by atoms with van der Waals surface area (Å²) in [4.78, 5) is 15.0. The number of nitrogens with one attached hydrogen (secondary N) is 1. The summed E-state index contributed by atoms with van der Waals surface area (Å²) in [5.74, 6) is -1.64. The number of nitrogens with zero attached hydrogens (tertiary/aromatic N) is 2. The summed E-state index contributed by atoms with van der Waals surface area (Å²) in [5, 5.41) is 11.0. The van der Waals surface area contributed by atoms with Crippen molar-refractivity contribution in [2.45, 2.75) is 0 Å². The van der Waals surface area contributed by atoms with Gasteiger partial charge in [0.1, 0.15) is 11.4 Å². The number of thioether (sulfide) groups is 1. The molecule has 0 unspecified atom stereocenters. The van der Waals surface area contributed by atoms with Crippen LogP contribution < -0.4 is 11.1 Å². The van der Waals surface area contributed by atoms with E-state index in [4.69, 9.17) is 11.0 Å². The topological polar surface area (TPSA) is 91.3 Å². The Morgan fingerprint density at radius 3 is 2.88 bits per heavy atom. The van der Waals surface area contributed by atoms with Crippen LogP contribution in [0.1, 0.15) is 10.4 Å². The Hall–Kier alpha value is -2.07. The van der Waals surface area contributed by atoms with Gasteiger partial charge in [-0.25, -0.2) is 9.38 Å². The molecule has 0 bridgehead atoms. The summed E-state index contributed by atoms with van der Waals surface area (Å²) in [6, 6.07) is 3.97. The van der Waals surface area contributed by atoms with Gasteiger partial charge < -0.3 is 5.73 Å². The number of rotatable bonds is 2. The quantitative estimate of drug-likeness (QED) is 0.359. The molecule has 0 aliphatic heterocycles. The van der Waals surface area contributed by atoms with Gasteiger partial charge in [-0.2, -0.15) is 5.26 Å². The van der Waals surface area contributed by atoms with Gasteiger partial charge in [0.2, 0.25) is 0 Å². The van der Waals surface area contributed by atoms with E-state index in [1.54, 1.807) is 12.4 Å². The van der Waals surface area contributed by atoms with Crippen LogP contribution >= 0.6 is 11.8 Å². The molecule has 7 heteroatoms. The Morgan fingerprint density at radius 2 is 2.35 bits per heavy atom. The zero-order valence-electron chi connectivity index (χ0n) is 8.90. The van der Waals surface area contributed by atoms with Gasteiger partial charge in [0.15, 0.2) is 11.4 Å². The minimum Gasteiger partial charge on any atom is -0.365 e. The lowest BCUT2D eigenvalue weighted by molar-refractivity contribution is 0.0997. The van der Waals surface area contributed by atoms with Gasteiger partial charge in [-0.05, 0) is 18.4 Å². The smallest absolute Gasteiger partial charge is 0.253 e. The molecule has 0 fully saturated rings. The third-order valence-electron chi connectivity index (χ3n) is 1.82. The minimum atomic E-state index is -0.903. The van der Waals surface area contributed by atoms with E-state index in [2.05, 4.69) is 10.3 Å². The van der Waals surface area contributed by atoms with Gasteiger partial charge in [0.25, 0.3) is 5.91 Å². The van der Waals surface area contributed by atoms with Crippen LogP contribution in [0.2, 0.25) is 0 Å². The molecule has 88 valence electrons. The van der Waals surface area contributed by atoms with Gasteiger partial charge in [0, 0.05) is 0 Å². The lowest BCUT2D eigenvalue weighted by atomic mass is 10.1. The molecule has 0 aliphatic carbocycles. The molecule has 0 heterocycles. The zero-order chi connectivity index (χ0) is 12.8. The normalized spacial score (nSPS) is 10.8. The number of carbonyl (C=O) groups excluding carboxylic acids is 1. The zero-order valence-corrected chi connectivity index (χ0v) is 9.71. The van der Waals surface area contributed by atoms with Crippen molar-refractivity contribution in [2.24, 2.45) is 10.7 Å². The van der Waals surface area contributed by atoms with Gasteiger partial charge in [-0.15, -0.1) is 0 Å². The van der Waals surface area contributed by atoms with Gasteiger partial charge in [-0.3, -0.25) is 10.1 Å². The number of nitrogens with two attached hydrogens (primary N) is 1. The molecule has 0 aromatic heterocycles. The van der Waals surface area contributed by atoms with Crippen molar-refractivity contribution >= 4 is 28.5 Å². The summed E-state index contributed by atoms with van der Waals surface area (Å²) in [7, 11) is 0. The van der Waals surface area contributed by atoms with Crippen LogP contribution in [0.15, 0.2) is 23.2 Å². The Kier molecular flexibility index (Phi) is 4.48. The van der Waals surface area contributed by atoms with Crippen LogP contribution in [-0.2, 0) is 0 Å². The van der Waals surface area contributed by atoms with Gasteiger partial charge in [-0.1, -0.05) is 17.8 Å². The number of aliphatic imine (C=N–C) groups is 1. The predicted molar refractivity (Wildman–Crippen MR) is 64.3 cm³/mol. The van der Waals surface area contributed by atoms with E-state index >= 15 is 0 Å². The van der Waals surface area contributed by atoms with E-state index < -0.39 is 11.7 Å². The Balaban J connectivity index is 3.27. The van der Waals surface area contributed by atoms with Crippen molar-refractivity contribution in [3.05, 3.63) is 29.6 Å². The number of benzene rings is 1. The lowest BCUT2D eigenvalue weighted by Gasteiger charge is -2.04. The highest BCUT2D eigenvalue weighted by Crippen LogP contribution is 2.22. The van der Waals surface area contributed by atoms with Crippen LogP contribution in [-0.4, -0.2) is 17.3 Å². The van der Waals surface area contributed by atoms with E-state index in [0.29, 0.717) is 0 Å². The fourth-order valence-corrected chi connectivity index (χ4v) is 1.47. The first-order valence-electron chi connectivity index (χ1n) is 4.46. The molecule has 0 saturated heterocycles. The van der Waals surface area contributed by atoms with E-state index in [0.717, 1.165) is 17.8 Å². The molecule has 0 saturated carbocycles. The number of amidine groups is 1. The van der Waals surface area contributed by atoms with E-state index in [1.165, 1.54) is 12.1 Å². The third kappa shape index (κ3) is 3.19. The van der Waals surface area contributed by atoms with Crippen molar-refractivity contribution in [1.29, 1.82) is 5.26 Å². The average molecular weight is 252 g/mol. The van der Waals surface area contributed by atoms with Crippen LogP contribution in [0.5, 0.6) is 0 Å². The fraction of sp³-hybridized carbons (Fsp3) is 0.100. The molecule has 5 nitrogen and oxygen atoms in total. The van der Waals surface area contributed by atoms with Crippen molar-refractivity contribution in [3.63, 3.8) is 0 Å². The van der Waals surface area contributed by atoms with Crippen molar-refractivity contribution in [1.82, 2.24) is 5.32 Å². The fourth-order valence-electron chi connectivity index (χ4n) is 1.13. The van der Waals surface area contributed by atoms with E-state index in [9.17, 15) is 9.18 Å². The molecule has 3 N–H and O–H groups in total. The first-order valence-corrected chi connectivity index (χ1v) is 5.68. The number of halogens is 1. The number of nitriles is 1. The summed E-state index contributed by atoms with van der Waals surface area (Å²) in [6.45, 7) is 0. The van der Waals surface area contributed by atoms with Crippen LogP contribution in [0.4, 0.5) is 10.1 Å². The highest BCUT2D eigenvalue weighted by molar-refractivity contribution is 8.13. The van der Waals surface area contributed by atoms with Crippen molar-refractivity contribution in [2.75, 3.05) is 6.26 Å². The number of primary amides is 1. The Morgan fingerprint density at radius 1 is 1.65 bits per heavy atom. The van der Waals surface area contributed by atoms with Gasteiger partial charge >= 0.3 is 0 Å². The largest absolute Gasteiger partial charge is 0.365 e. The minimum absolute atomic E-state index is 0.0876. The van der Waals surface area contributed by atoms with Crippen molar-refractivity contribution in [3.8, 4) is 6.19 Å². The molecule has 0 radical (unpaired) electrons. The molecule has 1 aromatic carbocycles. The first kappa shape index (κ1) is 13.0. The Labute approximate surface area is 102 Å². The molecule has 1 aromatic rings. The second kappa shape index (κ2) is 5.86. The molecule has 17 heavy (non-hydrogen) atoms. The SMILES string of the molecule is CSC(=Nc1cccc(F)c1C(N)=O)NC#N. The second-order valence-electron chi connectivity index (χ2n) is 2.86. The lowest BCUT2D eigenvalue weighted by Crippen LogP contribution is -2.15. The molecule has 0 atom stereocenters. The highest BCUT2D eigenvalue weighted by atomic mass is 32.2. The summed E-state index contributed by atoms with van der Waals surface area (Å²) >= 11 is 1.16. The van der Waals surface area contributed by atoms with Crippen LogP contribution in [0, 0.1) is 17.3 Å². The summed E-state index contributed by atoms with van der Waals surface area (Å²) in [5.41, 5.74) is 4.86. The van der Waals surface area contributed by atoms with Crippen LogP contribution in [0.3, 0.4) is 0 Å². The molecule has 0 aliphatic rings. The molecular weight excluding hydrogens is 243 g/mol. The number of hydrogen-bond donors (Lipinski definition) is 2. The maximum Gasteiger partial charge on any atom is 0.253 e. The molecule has 0 spiro atoms. The molecule has 1 rings (SSSR count). The second-order valence-corrected chi connectivity index (χ2v) is 3.65. The standard InChI is InChI=1S/C10H9FN4OS/c1-17-10(14-5-12)15-7-4-2-3-6(11)8(7)9(13)16/h2-4H,1H3,(H2,13,16)(H,14,15). The Bertz CT molecular complexity index is 510. The first-order chi connectivity index (χ1) is 8.10. The maximum atomic E-state index is 13.4. The van der Waals surface area contributed by atoms with Gasteiger partial charge in [0.05, 0.1) is 5.69 Å². The highest BCUT2D eigenvalue weighted by Gasteiger charge is 2.13. The molecular formula is C10H9FN4OS. The monoisotopic (exact) mass is 252 g/mol. The number of amides is 1. The average Bonchev–Trinajstić information content (AvgIpc) is 2.28. The number of carbonyl (C=O) groups is 1. The maximum absolute atomic E-state index is 13.4.